The predicted octanol–water partition coefficient (Wildman–Crippen LogP) is 2.80. The molecular formula is C14H12F2N4S. The molecule has 1 atom stereocenters. The van der Waals surface area contributed by atoms with Crippen LogP contribution < -0.4 is 5.73 Å². The van der Waals surface area contributed by atoms with Crippen LogP contribution in [0.1, 0.15) is 11.6 Å². The number of benzene rings is 1. The maximum atomic E-state index is 13.2. The highest BCUT2D eigenvalue weighted by atomic mass is 32.2. The summed E-state index contributed by atoms with van der Waals surface area (Å²) < 4.78 is 28.0. The van der Waals surface area contributed by atoms with Crippen LogP contribution in [0.4, 0.5) is 8.78 Å². The van der Waals surface area contributed by atoms with Gasteiger partial charge in [-0.2, -0.15) is 0 Å². The van der Waals surface area contributed by atoms with Gasteiger partial charge >= 0.3 is 0 Å². The molecule has 0 aliphatic carbocycles. The third-order valence-electron chi connectivity index (χ3n) is 3.05. The van der Waals surface area contributed by atoms with Gasteiger partial charge in [0.15, 0.2) is 22.4 Å². The number of pyridine rings is 1. The molecule has 7 heteroatoms. The van der Waals surface area contributed by atoms with E-state index in [1.165, 1.54) is 17.8 Å². The van der Waals surface area contributed by atoms with Gasteiger partial charge in [0.05, 0.1) is 0 Å². The lowest BCUT2D eigenvalue weighted by Crippen LogP contribution is -2.13. The molecule has 4 nitrogen and oxygen atoms in total. The van der Waals surface area contributed by atoms with Crippen molar-refractivity contribution in [1.29, 1.82) is 0 Å². The van der Waals surface area contributed by atoms with E-state index in [9.17, 15) is 8.78 Å². The Kier molecular flexibility index (Phi) is 3.85. The van der Waals surface area contributed by atoms with Gasteiger partial charge in [0.25, 0.3) is 0 Å². The van der Waals surface area contributed by atoms with Crippen molar-refractivity contribution in [2.75, 3.05) is 5.75 Å². The van der Waals surface area contributed by atoms with E-state index < -0.39 is 17.7 Å². The van der Waals surface area contributed by atoms with E-state index in [0.29, 0.717) is 16.5 Å². The first-order valence-electron chi connectivity index (χ1n) is 6.28. The monoisotopic (exact) mass is 306 g/mol. The van der Waals surface area contributed by atoms with Crippen molar-refractivity contribution < 1.29 is 8.78 Å². The van der Waals surface area contributed by atoms with Gasteiger partial charge in [-0.25, -0.2) is 8.78 Å². The Hall–Kier alpha value is -1.99. The molecule has 0 spiro atoms. The summed E-state index contributed by atoms with van der Waals surface area (Å²) in [6, 6.07) is 8.91. The van der Waals surface area contributed by atoms with Gasteiger partial charge in [0.2, 0.25) is 0 Å². The quantitative estimate of drug-likeness (QED) is 0.753. The van der Waals surface area contributed by atoms with Crippen LogP contribution in [0.3, 0.4) is 0 Å². The number of rotatable bonds is 4. The number of halogens is 2. The van der Waals surface area contributed by atoms with Gasteiger partial charge in [-0.3, -0.25) is 4.40 Å². The van der Waals surface area contributed by atoms with Crippen LogP contribution in [0.5, 0.6) is 0 Å². The van der Waals surface area contributed by atoms with Crippen molar-refractivity contribution >= 4 is 17.4 Å². The highest BCUT2D eigenvalue weighted by Gasteiger charge is 2.12. The minimum atomic E-state index is -0.888. The normalized spacial score (nSPS) is 12.7. The van der Waals surface area contributed by atoms with E-state index in [0.717, 1.165) is 17.8 Å². The van der Waals surface area contributed by atoms with E-state index >= 15 is 0 Å². The summed E-state index contributed by atoms with van der Waals surface area (Å²) in [6.07, 6.45) is 1.86. The molecule has 1 unspecified atom stereocenters. The smallest absolute Gasteiger partial charge is 0.195 e. The highest BCUT2D eigenvalue weighted by Crippen LogP contribution is 2.23. The zero-order valence-corrected chi connectivity index (χ0v) is 11.7. The first-order chi connectivity index (χ1) is 10.1. The van der Waals surface area contributed by atoms with Gasteiger partial charge < -0.3 is 5.73 Å². The maximum absolute atomic E-state index is 13.2. The van der Waals surface area contributed by atoms with Crippen LogP contribution >= 0.6 is 11.8 Å². The molecule has 0 amide bonds. The molecule has 3 rings (SSSR count). The van der Waals surface area contributed by atoms with Crippen LogP contribution in [0.2, 0.25) is 0 Å². The van der Waals surface area contributed by atoms with Crippen LogP contribution in [-0.2, 0) is 0 Å². The van der Waals surface area contributed by atoms with Crippen molar-refractivity contribution in [3.63, 3.8) is 0 Å². The Morgan fingerprint density at radius 3 is 2.81 bits per heavy atom. The number of fused-ring (bicyclic) bond motifs is 1. The second kappa shape index (κ2) is 5.79. The minimum Gasteiger partial charge on any atom is -0.323 e. The van der Waals surface area contributed by atoms with Gasteiger partial charge in [-0.05, 0) is 29.8 Å². The third-order valence-corrected chi connectivity index (χ3v) is 4.11. The van der Waals surface area contributed by atoms with Gasteiger partial charge in [-0.15, -0.1) is 10.2 Å². The fraction of sp³-hybridized carbons (Fsp3) is 0.143. The molecule has 0 saturated carbocycles. The zero-order valence-electron chi connectivity index (χ0n) is 10.9. The standard InChI is InChI=1S/C14H12F2N4S/c15-10-5-4-9(7-11(10)16)12(17)8-21-14-19-18-13-3-1-2-6-20(13)14/h1-7,12H,8,17H2. The molecule has 0 aliphatic rings. The number of hydrogen-bond acceptors (Lipinski definition) is 4. The fourth-order valence-corrected chi connectivity index (χ4v) is 2.83. The fourth-order valence-electron chi connectivity index (χ4n) is 1.92. The average molecular weight is 306 g/mol. The number of thioether (sulfide) groups is 1. The lowest BCUT2D eigenvalue weighted by molar-refractivity contribution is 0.506. The van der Waals surface area contributed by atoms with Gasteiger partial charge in [-0.1, -0.05) is 23.9 Å². The zero-order chi connectivity index (χ0) is 14.8. The van der Waals surface area contributed by atoms with Crippen molar-refractivity contribution in [1.82, 2.24) is 14.6 Å². The summed E-state index contributed by atoms with van der Waals surface area (Å²) in [7, 11) is 0. The number of nitrogens with zero attached hydrogens (tertiary/aromatic N) is 3. The van der Waals surface area contributed by atoms with E-state index in [2.05, 4.69) is 10.2 Å². The molecular weight excluding hydrogens is 294 g/mol. The summed E-state index contributed by atoms with van der Waals surface area (Å²) in [5.74, 6) is -1.27. The van der Waals surface area contributed by atoms with Gasteiger partial charge in [0, 0.05) is 18.0 Å². The highest BCUT2D eigenvalue weighted by molar-refractivity contribution is 7.99. The van der Waals surface area contributed by atoms with Gasteiger partial charge in [0.1, 0.15) is 0 Å². The first kappa shape index (κ1) is 14.0. The molecule has 0 aliphatic heterocycles. The lowest BCUT2D eigenvalue weighted by Gasteiger charge is -2.11. The maximum Gasteiger partial charge on any atom is 0.195 e. The Labute approximate surface area is 124 Å². The summed E-state index contributed by atoms with van der Waals surface area (Å²) >= 11 is 1.42. The molecule has 108 valence electrons. The molecule has 0 fully saturated rings. The Bertz CT molecular complexity index is 775. The van der Waals surface area contributed by atoms with Crippen molar-refractivity contribution in [2.24, 2.45) is 5.73 Å². The minimum absolute atomic E-state index is 0.416. The van der Waals surface area contributed by atoms with Crippen LogP contribution in [0.15, 0.2) is 47.8 Å². The molecule has 21 heavy (non-hydrogen) atoms. The number of aromatic nitrogens is 3. The molecule has 2 heterocycles. The third kappa shape index (κ3) is 2.88. The molecule has 0 saturated heterocycles. The SMILES string of the molecule is NC(CSc1nnc2ccccn12)c1ccc(F)c(F)c1. The summed E-state index contributed by atoms with van der Waals surface area (Å²) in [6.45, 7) is 0. The van der Waals surface area contributed by atoms with Crippen LogP contribution in [0.25, 0.3) is 5.65 Å². The topological polar surface area (TPSA) is 56.2 Å². The van der Waals surface area contributed by atoms with Crippen molar-refractivity contribution in [2.45, 2.75) is 11.2 Å². The lowest BCUT2D eigenvalue weighted by atomic mass is 10.1. The Balaban J connectivity index is 1.73. The second-order valence-electron chi connectivity index (χ2n) is 4.50. The molecule has 2 aromatic heterocycles. The number of nitrogens with two attached hydrogens (primary N) is 1. The Morgan fingerprint density at radius 1 is 1.14 bits per heavy atom. The Morgan fingerprint density at radius 2 is 2.00 bits per heavy atom. The van der Waals surface area contributed by atoms with Crippen molar-refractivity contribution in [3.8, 4) is 0 Å². The predicted molar refractivity (Wildman–Crippen MR) is 77.0 cm³/mol. The molecule has 0 radical (unpaired) electrons. The molecule has 2 N–H and O–H groups in total. The van der Waals surface area contributed by atoms with Crippen LogP contribution in [-0.4, -0.2) is 20.4 Å². The van der Waals surface area contributed by atoms with E-state index in [1.807, 2.05) is 28.8 Å². The largest absolute Gasteiger partial charge is 0.323 e. The second-order valence-corrected chi connectivity index (χ2v) is 5.49. The van der Waals surface area contributed by atoms with E-state index in [1.54, 1.807) is 0 Å². The molecule has 1 aromatic carbocycles. The average Bonchev–Trinajstić information content (AvgIpc) is 2.91. The summed E-state index contributed by atoms with van der Waals surface area (Å²) in [4.78, 5) is 0. The first-order valence-corrected chi connectivity index (χ1v) is 7.27. The van der Waals surface area contributed by atoms with E-state index in [4.69, 9.17) is 5.73 Å². The van der Waals surface area contributed by atoms with Crippen molar-refractivity contribution in [3.05, 3.63) is 59.8 Å². The molecule has 3 aromatic rings. The van der Waals surface area contributed by atoms with E-state index in [-0.39, 0.29) is 0 Å². The van der Waals surface area contributed by atoms with Crippen LogP contribution in [0, 0.1) is 11.6 Å². The molecule has 0 bridgehead atoms. The number of hydrogen-bond donors (Lipinski definition) is 1. The summed E-state index contributed by atoms with van der Waals surface area (Å²) in [5.41, 5.74) is 7.31. The summed E-state index contributed by atoms with van der Waals surface area (Å²) in [5, 5.41) is 8.83.